The molecular formula is C66H70N4Si2. The highest BCUT2D eigenvalue weighted by Crippen LogP contribution is 2.48. The number of hydrogen-bond donors (Lipinski definition) is 0. The molecule has 9 aromatic carbocycles. The zero-order chi connectivity index (χ0) is 49.4. The van der Waals surface area contributed by atoms with E-state index in [0.29, 0.717) is 0 Å². The van der Waals surface area contributed by atoms with Crippen molar-refractivity contribution in [2.24, 2.45) is 0 Å². The van der Waals surface area contributed by atoms with Gasteiger partial charge >= 0.3 is 0 Å². The maximum absolute atomic E-state index is 2.56. The molecule has 72 heavy (non-hydrogen) atoms. The Hall–Kier alpha value is -6.87. The topological polar surface area (TPSA) is 13.0 Å². The van der Waals surface area contributed by atoms with Crippen molar-refractivity contribution in [2.75, 3.05) is 45.8 Å². The molecule has 6 heteroatoms. The fourth-order valence-electron chi connectivity index (χ4n) is 11.4. The molecule has 0 atom stereocenters. The predicted octanol–water partition coefficient (Wildman–Crippen LogP) is 17.3. The van der Waals surface area contributed by atoms with Gasteiger partial charge in [0.05, 0.1) is 16.1 Å². The Bertz CT molecular complexity index is 3070. The number of rotatable bonds is 12. The summed E-state index contributed by atoms with van der Waals surface area (Å²) in [6.07, 6.45) is 7.69. The Morgan fingerprint density at radius 3 is 0.931 bits per heavy atom. The summed E-state index contributed by atoms with van der Waals surface area (Å²) in [5.41, 5.74) is 14.5. The molecule has 0 aromatic heterocycles. The normalized spacial score (nSPS) is 14.5. The molecule has 2 heterocycles. The van der Waals surface area contributed by atoms with Gasteiger partial charge in [0, 0.05) is 71.7 Å². The van der Waals surface area contributed by atoms with E-state index in [9.17, 15) is 0 Å². The van der Waals surface area contributed by atoms with E-state index in [-0.39, 0.29) is 0 Å². The molecule has 0 amide bonds. The van der Waals surface area contributed by atoms with Crippen LogP contribution in [-0.2, 0) is 0 Å². The van der Waals surface area contributed by atoms with Gasteiger partial charge in [-0.2, -0.15) is 0 Å². The number of hydrogen-bond acceptors (Lipinski definition) is 4. The van der Waals surface area contributed by atoms with Gasteiger partial charge in [0.15, 0.2) is 0 Å². The van der Waals surface area contributed by atoms with Gasteiger partial charge in [0.25, 0.3) is 0 Å². The molecule has 0 radical (unpaired) electrons. The predicted molar refractivity (Wildman–Crippen MR) is 320 cm³/mol. The largest absolute Gasteiger partial charge is 0.372 e. The first-order valence-corrected chi connectivity index (χ1v) is 33.6. The second kappa shape index (κ2) is 20.0. The van der Waals surface area contributed by atoms with Crippen LogP contribution in [0, 0.1) is 0 Å². The second-order valence-corrected chi connectivity index (χ2v) is 32.5. The molecule has 0 N–H and O–H groups in total. The fourth-order valence-corrected chi connectivity index (χ4v) is 13.7. The van der Waals surface area contributed by atoms with Crippen LogP contribution < -0.4 is 30.0 Å². The molecule has 0 unspecified atom stereocenters. The Morgan fingerprint density at radius 1 is 0.306 bits per heavy atom. The van der Waals surface area contributed by atoms with Crippen LogP contribution in [0.25, 0.3) is 43.8 Å². The van der Waals surface area contributed by atoms with Crippen molar-refractivity contribution in [1.29, 1.82) is 0 Å². The second-order valence-electron chi connectivity index (χ2n) is 22.3. The summed E-state index contributed by atoms with van der Waals surface area (Å²) in [6.45, 7) is 19.1. The summed E-state index contributed by atoms with van der Waals surface area (Å²) < 4.78 is 0. The highest BCUT2D eigenvalue weighted by molar-refractivity contribution is 6.89. The SMILES string of the molecule is C[Si](C)(C)c1ccc(N(c2ccc(N3CCCCC3)cc2)c2ccc3c(-c4ccccc4)c4cc(N(c5ccc(N6CCCCC6)cc5)c5ccc([Si](C)(C)C)cc5)ccc4c(-c4ccccc4)c3c2)cc1. The van der Waals surface area contributed by atoms with Crippen LogP contribution in [0.1, 0.15) is 38.5 Å². The van der Waals surface area contributed by atoms with Crippen LogP contribution in [0.3, 0.4) is 0 Å². The minimum atomic E-state index is -1.52. The van der Waals surface area contributed by atoms with Crippen molar-refractivity contribution in [3.63, 3.8) is 0 Å². The third-order valence-electron chi connectivity index (χ3n) is 15.4. The first-order chi connectivity index (χ1) is 35.0. The smallest absolute Gasteiger partial charge is 0.0775 e. The van der Waals surface area contributed by atoms with Gasteiger partial charge in [0.2, 0.25) is 0 Å². The van der Waals surface area contributed by atoms with Crippen molar-refractivity contribution in [3.05, 3.63) is 194 Å². The molecule has 2 aliphatic heterocycles. The lowest BCUT2D eigenvalue weighted by atomic mass is 9.85. The highest BCUT2D eigenvalue weighted by atomic mass is 28.3. The Labute approximate surface area is 431 Å². The number of benzene rings is 9. The van der Waals surface area contributed by atoms with E-state index < -0.39 is 16.1 Å². The molecule has 2 aliphatic rings. The first kappa shape index (κ1) is 47.5. The van der Waals surface area contributed by atoms with E-state index in [1.807, 2.05) is 0 Å². The lowest BCUT2D eigenvalue weighted by molar-refractivity contribution is 0.578. The molecule has 0 saturated carbocycles. The first-order valence-electron chi connectivity index (χ1n) is 26.6. The fraction of sp³-hybridized carbons (Fsp3) is 0.242. The van der Waals surface area contributed by atoms with Gasteiger partial charge in [-0.1, -0.05) is 147 Å². The summed E-state index contributed by atoms with van der Waals surface area (Å²) in [4.78, 5) is 10.1. The summed E-state index contributed by atoms with van der Waals surface area (Å²) in [5.74, 6) is 0. The monoisotopic (exact) mass is 975 g/mol. The van der Waals surface area contributed by atoms with Crippen molar-refractivity contribution >= 4 is 93.6 Å². The standard InChI is InChI=1S/C66H70N4Si2/c1-71(2,3)59-37-31-55(32-38-59)69(53-27-23-51(24-28-53)67-43-15-9-16-44-67)57-35-41-61-63(47-57)65(49-19-11-7-12-20-49)62-42-36-58(48-64(62)66(61)50-21-13-8-14-22-50)70(56-33-39-60(40-34-56)72(4,5)6)54-29-25-52(26-30-54)68-45-17-10-18-46-68/h7-8,11-14,19-42,47-48H,9-10,15-18,43-46H2,1-6H3. The molecule has 9 aromatic rings. The summed E-state index contributed by atoms with van der Waals surface area (Å²) in [7, 11) is -3.04. The van der Waals surface area contributed by atoms with Crippen LogP contribution in [0.15, 0.2) is 194 Å². The van der Waals surface area contributed by atoms with E-state index in [1.165, 1.54) is 115 Å². The molecule has 0 aliphatic carbocycles. The molecule has 0 spiro atoms. The highest BCUT2D eigenvalue weighted by Gasteiger charge is 2.25. The molecule has 362 valence electrons. The van der Waals surface area contributed by atoms with Crippen molar-refractivity contribution in [2.45, 2.75) is 77.8 Å². The Balaban J connectivity index is 1.13. The average molecular weight is 975 g/mol. The van der Waals surface area contributed by atoms with Crippen LogP contribution in [0.2, 0.25) is 39.3 Å². The third-order valence-corrected chi connectivity index (χ3v) is 19.5. The van der Waals surface area contributed by atoms with Gasteiger partial charge < -0.3 is 19.6 Å². The summed E-state index contributed by atoms with van der Waals surface area (Å²) in [5, 5.41) is 7.87. The zero-order valence-corrected chi connectivity index (χ0v) is 45.3. The maximum Gasteiger partial charge on any atom is 0.0775 e. The van der Waals surface area contributed by atoms with Gasteiger partial charge in [-0.15, -0.1) is 0 Å². The molecule has 11 rings (SSSR count). The number of fused-ring (bicyclic) bond motifs is 2. The van der Waals surface area contributed by atoms with E-state index >= 15 is 0 Å². The lowest BCUT2D eigenvalue weighted by Crippen LogP contribution is -2.37. The maximum atomic E-state index is 2.56. The van der Waals surface area contributed by atoms with Gasteiger partial charge in [0.1, 0.15) is 0 Å². The van der Waals surface area contributed by atoms with Crippen LogP contribution >= 0.6 is 0 Å². The minimum absolute atomic E-state index is 1.13. The molecule has 2 saturated heterocycles. The molecular weight excluding hydrogens is 905 g/mol. The van der Waals surface area contributed by atoms with E-state index in [1.54, 1.807) is 0 Å². The van der Waals surface area contributed by atoms with E-state index in [0.717, 1.165) is 48.9 Å². The van der Waals surface area contributed by atoms with E-state index in [4.69, 9.17) is 0 Å². The van der Waals surface area contributed by atoms with Crippen molar-refractivity contribution in [1.82, 2.24) is 0 Å². The Morgan fingerprint density at radius 2 is 0.611 bits per heavy atom. The van der Waals surface area contributed by atoms with Crippen LogP contribution in [0.5, 0.6) is 0 Å². The number of anilines is 8. The van der Waals surface area contributed by atoms with Crippen molar-refractivity contribution < 1.29 is 0 Å². The average Bonchev–Trinajstić information content (AvgIpc) is 3.41. The van der Waals surface area contributed by atoms with E-state index in [2.05, 4.69) is 253 Å². The molecule has 4 nitrogen and oxygen atoms in total. The van der Waals surface area contributed by atoms with Gasteiger partial charge in [-0.05, 0) is 179 Å². The lowest BCUT2D eigenvalue weighted by Gasteiger charge is -2.31. The van der Waals surface area contributed by atoms with Gasteiger partial charge in [-0.25, -0.2) is 0 Å². The summed E-state index contributed by atoms with van der Waals surface area (Å²) >= 11 is 0. The molecule has 2 fully saturated rings. The number of nitrogens with zero attached hydrogens (tertiary/aromatic N) is 4. The Kier molecular flexibility index (Phi) is 13.2. The van der Waals surface area contributed by atoms with Crippen LogP contribution in [0.4, 0.5) is 45.5 Å². The molecule has 0 bridgehead atoms. The minimum Gasteiger partial charge on any atom is -0.372 e. The zero-order valence-electron chi connectivity index (χ0n) is 43.3. The van der Waals surface area contributed by atoms with Crippen molar-refractivity contribution in [3.8, 4) is 22.3 Å². The van der Waals surface area contributed by atoms with Gasteiger partial charge in [-0.3, -0.25) is 0 Å². The third kappa shape index (κ3) is 9.62. The number of piperidine rings is 2. The van der Waals surface area contributed by atoms with Crippen LogP contribution in [-0.4, -0.2) is 42.3 Å². The summed E-state index contributed by atoms with van der Waals surface area (Å²) in [6, 6.07) is 74.2. The quantitative estimate of drug-likeness (QED) is 0.0893.